The summed E-state index contributed by atoms with van der Waals surface area (Å²) >= 11 is 1.58. The van der Waals surface area contributed by atoms with Crippen LogP contribution in [0.3, 0.4) is 0 Å². The van der Waals surface area contributed by atoms with Gasteiger partial charge in [0.2, 0.25) is 11.8 Å². The Kier molecular flexibility index (Phi) is 9.38. The van der Waals surface area contributed by atoms with Crippen LogP contribution in [0.2, 0.25) is 0 Å². The van der Waals surface area contributed by atoms with Gasteiger partial charge in [-0.3, -0.25) is 9.59 Å². The van der Waals surface area contributed by atoms with Crippen LogP contribution in [-0.4, -0.2) is 35.1 Å². The number of thioether (sulfide) groups is 1. The minimum absolute atomic E-state index is 0.0260. The average molecular weight is 447 g/mol. The number of benzene rings is 3. The van der Waals surface area contributed by atoms with Crippen LogP contribution in [-0.2, 0) is 28.3 Å². The van der Waals surface area contributed by atoms with Crippen LogP contribution in [0.5, 0.6) is 0 Å². The van der Waals surface area contributed by atoms with E-state index in [1.165, 1.54) is 5.56 Å². The van der Waals surface area contributed by atoms with Crippen molar-refractivity contribution in [1.29, 1.82) is 0 Å². The number of amides is 2. The molecule has 0 fully saturated rings. The highest BCUT2D eigenvalue weighted by Gasteiger charge is 2.29. The molecule has 0 saturated heterocycles. The molecule has 0 spiro atoms. The molecule has 1 atom stereocenters. The van der Waals surface area contributed by atoms with Gasteiger partial charge in [-0.05, 0) is 23.6 Å². The summed E-state index contributed by atoms with van der Waals surface area (Å²) in [6.07, 6.45) is 0.481. The third-order valence-electron chi connectivity index (χ3n) is 5.15. The average Bonchev–Trinajstić information content (AvgIpc) is 2.83. The fourth-order valence-electron chi connectivity index (χ4n) is 3.54. The molecule has 3 aromatic carbocycles. The minimum atomic E-state index is -0.567. The maximum atomic E-state index is 13.4. The van der Waals surface area contributed by atoms with Gasteiger partial charge in [-0.25, -0.2) is 0 Å². The molecule has 0 aromatic heterocycles. The molecule has 0 saturated carbocycles. The maximum absolute atomic E-state index is 13.4. The number of carbonyl (C=O) groups excluding carboxylic acids is 2. The number of hydrogen-bond acceptors (Lipinski definition) is 3. The molecule has 0 aliphatic heterocycles. The molecule has 1 N–H and O–H groups in total. The summed E-state index contributed by atoms with van der Waals surface area (Å²) in [4.78, 5) is 28.2. The molecule has 2 amide bonds. The molecule has 3 rings (SSSR count). The molecule has 166 valence electrons. The second kappa shape index (κ2) is 12.7. The lowest BCUT2D eigenvalue weighted by Gasteiger charge is -2.31. The second-order valence-corrected chi connectivity index (χ2v) is 8.57. The van der Waals surface area contributed by atoms with Gasteiger partial charge in [-0.2, -0.15) is 0 Å². The molecule has 0 radical (unpaired) electrons. The van der Waals surface area contributed by atoms with Crippen molar-refractivity contribution in [1.82, 2.24) is 10.2 Å². The van der Waals surface area contributed by atoms with Crippen molar-refractivity contribution in [2.45, 2.75) is 31.7 Å². The SMILES string of the molecule is CCNC(=O)C(Cc1ccccc1)N(Cc1ccccc1)C(=O)CSCc1ccccc1. The first-order valence-corrected chi connectivity index (χ1v) is 12.1. The lowest BCUT2D eigenvalue weighted by atomic mass is 10.0. The number of rotatable bonds is 11. The topological polar surface area (TPSA) is 49.4 Å². The zero-order valence-corrected chi connectivity index (χ0v) is 19.3. The third-order valence-corrected chi connectivity index (χ3v) is 6.14. The molecule has 0 heterocycles. The van der Waals surface area contributed by atoms with Gasteiger partial charge >= 0.3 is 0 Å². The minimum Gasteiger partial charge on any atom is -0.355 e. The van der Waals surface area contributed by atoms with Crippen LogP contribution in [0.25, 0.3) is 0 Å². The van der Waals surface area contributed by atoms with Gasteiger partial charge in [-0.1, -0.05) is 91.0 Å². The zero-order valence-electron chi connectivity index (χ0n) is 18.4. The Balaban J connectivity index is 1.80. The number of hydrogen-bond donors (Lipinski definition) is 1. The van der Waals surface area contributed by atoms with Gasteiger partial charge in [0.05, 0.1) is 5.75 Å². The first kappa shape index (κ1) is 23.6. The highest BCUT2D eigenvalue weighted by atomic mass is 32.2. The van der Waals surface area contributed by atoms with Crippen molar-refractivity contribution in [2.75, 3.05) is 12.3 Å². The summed E-state index contributed by atoms with van der Waals surface area (Å²) in [7, 11) is 0. The molecule has 0 aliphatic carbocycles. The Morgan fingerprint density at radius 1 is 0.812 bits per heavy atom. The van der Waals surface area contributed by atoms with Crippen LogP contribution >= 0.6 is 11.8 Å². The normalized spacial score (nSPS) is 11.5. The van der Waals surface area contributed by atoms with Gasteiger partial charge in [0, 0.05) is 25.3 Å². The fraction of sp³-hybridized carbons (Fsp3) is 0.259. The molecule has 3 aromatic rings. The highest BCUT2D eigenvalue weighted by Crippen LogP contribution is 2.18. The van der Waals surface area contributed by atoms with Gasteiger partial charge in [0.15, 0.2) is 0 Å². The number of nitrogens with one attached hydrogen (secondary N) is 1. The number of carbonyl (C=O) groups is 2. The van der Waals surface area contributed by atoms with Crippen molar-refractivity contribution in [3.05, 3.63) is 108 Å². The fourth-order valence-corrected chi connectivity index (χ4v) is 4.41. The van der Waals surface area contributed by atoms with Crippen molar-refractivity contribution in [2.24, 2.45) is 0 Å². The Morgan fingerprint density at radius 3 is 1.91 bits per heavy atom. The summed E-state index contributed by atoms with van der Waals surface area (Å²) < 4.78 is 0. The second-order valence-electron chi connectivity index (χ2n) is 7.59. The lowest BCUT2D eigenvalue weighted by molar-refractivity contribution is -0.139. The molecular formula is C27H30N2O2S. The summed E-state index contributed by atoms with van der Waals surface area (Å²) in [5, 5.41) is 2.93. The summed E-state index contributed by atoms with van der Waals surface area (Å²) in [6, 6.07) is 29.3. The van der Waals surface area contributed by atoms with Gasteiger partial charge in [0.1, 0.15) is 6.04 Å². The van der Waals surface area contributed by atoms with Crippen LogP contribution in [0.4, 0.5) is 0 Å². The molecule has 0 bridgehead atoms. The molecule has 4 nitrogen and oxygen atoms in total. The van der Waals surface area contributed by atoms with Crippen LogP contribution in [0.1, 0.15) is 23.6 Å². The molecule has 1 unspecified atom stereocenters. The van der Waals surface area contributed by atoms with E-state index in [0.717, 1.165) is 16.9 Å². The Morgan fingerprint density at radius 2 is 1.34 bits per heavy atom. The summed E-state index contributed by atoms with van der Waals surface area (Å²) in [6.45, 7) is 2.83. The van der Waals surface area contributed by atoms with E-state index in [1.54, 1.807) is 16.7 Å². The summed E-state index contributed by atoms with van der Waals surface area (Å²) in [5.74, 6) is 0.943. The number of nitrogens with zero attached hydrogens (tertiary/aromatic N) is 1. The van der Waals surface area contributed by atoms with E-state index in [-0.39, 0.29) is 11.8 Å². The van der Waals surface area contributed by atoms with Crippen molar-refractivity contribution in [3.63, 3.8) is 0 Å². The van der Waals surface area contributed by atoms with E-state index in [2.05, 4.69) is 17.4 Å². The Bertz CT molecular complexity index is 965. The van der Waals surface area contributed by atoms with Crippen LogP contribution in [0, 0.1) is 0 Å². The molecule has 5 heteroatoms. The van der Waals surface area contributed by atoms with Crippen molar-refractivity contribution < 1.29 is 9.59 Å². The first-order valence-electron chi connectivity index (χ1n) is 10.9. The first-order chi connectivity index (χ1) is 15.7. The van der Waals surface area contributed by atoms with E-state index in [9.17, 15) is 9.59 Å². The van der Waals surface area contributed by atoms with E-state index in [1.807, 2.05) is 85.8 Å². The maximum Gasteiger partial charge on any atom is 0.243 e. The largest absolute Gasteiger partial charge is 0.355 e. The summed E-state index contributed by atoms with van der Waals surface area (Å²) in [5.41, 5.74) is 3.23. The monoisotopic (exact) mass is 446 g/mol. The quantitative estimate of drug-likeness (QED) is 0.465. The van der Waals surface area contributed by atoms with Crippen LogP contribution < -0.4 is 5.32 Å². The number of likely N-dealkylation sites (N-methyl/N-ethyl adjacent to an activating group) is 1. The molecule has 0 aliphatic rings. The zero-order chi connectivity index (χ0) is 22.6. The van der Waals surface area contributed by atoms with E-state index >= 15 is 0 Å². The van der Waals surface area contributed by atoms with Crippen molar-refractivity contribution in [3.8, 4) is 0 Å². The van der Waals surface area contributed by atoms with Gasteiger partial charge in [0.25, 0.3) is 0 Å². The van der Waals surface area contributed by atoms with Gasteiger partial charge < -0.3 is 10.2 Å². The molecular weight excluding hydrogens is 416 g/mol. The van der Waals surface area contributed by atoms with E-state index in [4.69, 9.17) is 0 Å². The van der Waals surface area contributed by atoms with Gasteiger partial charge in [-0.15, -0.1) is 11.8 Å². The molecule has 32 heavy (non-hydrogen) atoms. The van der Waals surface area contributed by atoms with Crippen LogP contribution in [0.15, 0.2) is 91.0 Å². The van der Waals surface area contributed by atoms with E-state index in [0.29, 0.717) is 25.3 Å². The predicted molar refractivity (Wildman–Crippen MR) is 132 cm³/mol. The van der Waals surface area contributed by atoms with E-state index < -0.39 is 6.04 Å². The predicted octanol–water partition coefficient (Wildman–Crippen LogP) is 4.70. The third kappa shape index (κ3) is 7.27. The standard InChI is InChI=1S/C27H30N2O2S/c1-2-28-27(31)25(18-22-12-6-3-7-13-22)29(19-23-14-8-4-9-15-23)26(30)21-32-20-24-16-10-5-11-17-24/h3-17,25H,2,18-21H2,1H3,(H,28,31). The highest BCUT2D eigenvalue weighted by molar-refractivity contribution is 7.99. The van der Waals surface area contributed by atoms with Crippen molar-refractivity contribution >= 4 is 23.6 Å². The lowest BCUT2D eigenvalue weighted by Crippen LogP contribution is -2.51. The smallest absolute Gasteiger partial charge is 0.243 e. The Hall–Kier alpha value is -3.05. The Labute approximate surface area is 195 Å².